The molecule has 1 aromatic rings. The standard InChI is InChI=1S/C21H33F2N3O3/c1-4-24-20(26-15-21(11-12-27-2)9-5-6-10-21)25-14-16-7-8-17(28-3)13-18(16)29-19(22)23/h7-8,13,19H,4-6,9-12,14-15H2,1-3H3,(H2,24,25,26). The molecule has 29 heavy (non-hydrogen) atoms. The predicted octanol–water partition coefficient (Wildman–Crippen LogP) is 3.95. The number of halogens is 2. The van der Waals surface area contributed by atoms with E-state index in [-0.39, 0.29) is 17.7 Å². The van der Waals surface area contributed by atoms with Gasteiger partial charge in [-0.3, -0.25) is 0 Å². The molecule has 0 amide bonds. The van der Waals surface area contributed by atoms with E-state index in [0.717, 1.165) is 19.6 Å². The molecule has 1 fully saturated rings. The van der Waals surface area contributed by atoms with E-state index in [4.69, 9.17) is 9.47 Å². The van der Waals surface area contributed by atoms with Crippen molar-refractivity contribution in [3.8, 4) is 11.5 Å². The Morgan fingerprint density at radius 1 is 1.21 bits per heavy atom. The van der Waals surface area contributed by atoms with Gasteiger partial charge in [0.15, 0.2) is 5.96 Å². The minimum atomic E-state index is -2.90. The maximum atomic E-state index is 12.8. The smallest absolute Gasteiger partial charge is 0.387 e. The highest BCUT2D eigenvalue weighted by Crippen LogP contribution is 2.40. The third kappa shape index (κ3) is 7.34. The maximum Gasteiger partial charge on any atom is 0.387 e. The molecule has 2 N–H and O–H groups in total. The Morgan fingerprint density at radius 3 is 2.59 bits per heavy atom. The number of hydrogen-bond donors (Lipinski definition) is 2. The van der Waals surface area contributed by atoms with E-state index in [1.165, 1.54) is 38.9 Å². The fraction of sp³-hybridized carbons (Fsp3) is 0.667. The quantitative estimate of drug-likeness (QED) is 0.425. The summed E-state index contributed by atoms with van der Waals surface area (Å²) in [5, 5.41) is 6.66. The highest BCUT2D eigenvalue weighted by atomic mass is 19.3. The largest absolute Gasteiger partial charge is 0.497 e. The van der Waals surface area contributed by atoms with Gasteiger partial charge in [-0.25, -0.2) is 4.99 Å². The Labute approximate surface area is 172 Å². The molecule has 0 atom stereocenters. The molecule has 1 aliphatic carbocycles. The van der Waals surface area contributed by atoms with Gasteiger partial charge < -0.3 is 24.8 Å². The third-order valence-corrected chi connectivity index (χ3v) is 5.37. The van der Waals surface area contributed by atoms with Gasteiger partial charge in [0, 0.05) is 38.4 Å². The Balaban J connectivity index is 2.08. The minimum absolute atomic E-state index is 0.0753. The molecule has 1 aromatic carbocycles. The molecule has 0 spiro atoms. The molecule has 0 saturated heterocycles. The average Bonchev–Trinajstić information content (AvgIpc) is 3.18. The molecular formula is C21H33F2N3O3. The van der Waals surface area contributed by atoms with Gasteiger partial charge in [0.1, 0.15) is 11.5 Å². The van der Waals surface area contributed by atoms with E-state index in [0.29, 0.717) is 23.8 Å². The Bertz CT molecular complexity index is 650. The summed E-state index contributed by atoms with van der Waals surface area (Å²) >= 11 is 0. The van der Waals surface area contributed by atoms with Gasteiger partial charge in [0.2, 0.25) is 0 Å². The Morgan fingerprint density at radius 2 is 1.97 bits per heavy atom. The molecule has 0 unspecified atom stereocenters. The number of benzene rings is 1. The molecule has 0 heterocycles. The van der Waals surface area contributed by atoms with E-state index in [1.54, 1.807) is 19.2 Å². The number of ether oxygens (including phenoxy) is 3. The molecule has 0 aliphatic heterocycles. The first-order chi connectivity index (χ1) is 14.0. The van der Waals surface area contributed by atoms with Crippen molar-refractivity contribution in [3.05, 3.63) is 23.8 Å². The van der Waals surface area contributed by atoms with Crippen LogP contribution in [0.5, 0.6) is 11.5 Å². The van der Waals surface area contributed by atoms with E-state index < -0.39 is 6.61 Å². The lowest BCUT2D eigenvalue weighted by Crippen LogP contribution is -2.43. The molecule has 6 nitrogen and oxygen atoms in total. The average molecular weight is 414 g/mol. The number of guanidine groups is 1. The summed E-state index contributed by atoms with van der Waals surface area (Å²) < 4.78 is 40.6. The summed E-state index contributed by atoms with van der Waals surface area (Å²) in [4.78, 5) is 4.58. The highest BCUT2D eigenvalue weighted by molar-refractivity contribution is 5.79. The lowest BCUT2D eigenvalue weighted by atomic mass is 9.83. The zero-order valence-corrected chi connectivity index (χ0v) is 17.6. The fourth-order valence-corrected chi connectivity index (χ4v) is 3.73. The van der Waals surface area contributed by atoms with Gasteiger partial charge in [-0.1, -0.05) is 12.8 Å². The Kier molecular flexibility index (Phi) is 9.44. The van der Waals surface area contributed by atoms with Crippen LogP contribution in [0.4, 0.5) is 8.78 Å². The van der Waals surface area contributed by atoms with E-state index >= 15 is 0 Å². The second kappa shape index (κ2) is 11.8. The lowest BCUT2D eigenvalue weighted by Gasteiger charge is -2.30. The van der Waals surface area contributed by atoms with Gasteiger partial charge in [-0.2, -0.15) is 8.78 Å². The number of hydrogen-bond acceptors (Lipinski definition) is 4. The fourth-order valence-electron chi connectivity index (χ4n) is 3.73. The van der Waals surface area contributed by atoms with Crippen LogP contribution in [0.3, 0.4) is 0 Å². The molecule has 0 aromatic heterocycles. The van der Waals surface area contributed by atoms with Gasteiger partial charge in [-0.15, -0.1) is 0 Å². The molecule has 8 heteroatoms. The van der Waals surface area contributed by atoms with Crippen LogP contribution < -0.4 is 20.1 Å². The number of methoxy groups -OCH3 is 2. The SMILES string of the molecule is CCNC(=NCc1ccc(OC)cc1OC(F)F)NCC1(CCOC)CCCC1. The number of nitrogens with one attached hydrogen (secondary N) is 2. The van der Waals surface area contributed by atoms with Crippen molar-refractivity contribution in [2.75, 3.05) is 33.9 Å². The Hall–Kier alpha value is -2.09. The zero-order valence-electron chi connectivity index (χ0n) is 17.6. The monoisotopic (exact) mass is 413 g/mol. The second-order valence-corrected chi connectivity index (χ2v) is 7.35. The predicted molar refractivity (Wildman–Crippen MR) is 110 cm³/mol. The van der Waals surface area contributed by atoms with Crippen molar-refractivity contribution in [2.24, 2.45) is 10.4 Å². The number of nitrogens with zero attached hydrogens (tertiary/aromatic N) is 1. The van der Waals surface area contributed by atoms with Gasteiger partial charge in [-0.05, 0) is 43.7 Å². The van der Waals surface area contributed by atoms with Gasteiger partial charge in [0.25, 0.3) is 0 Å². The number of aliphatic imine (C=N–C) groups is 1. The van der Waals surface area contributed by atoms with Crippen molar-refractivity contribution in [1.29, 1.82) is 0 Å². The van der Waals surface area contributed by atoms with Gasteiger partial charge in [0.05, 0.1) is 13.7 Å². The molecule has 1 aliphatic rings. The van der Waals surface area contributed by atoms with Crippen LogP contribution >= 0.6 is 0 Å². The number of rotatable bonds is 11. The van der Waals surface area contributed by atoms with Gasteiger partial charge >= 0.3 is 6.61 Å². The van der Waals surface area contributed by atoms with Crippen LogP contribution in [0.1, 0.15) is 44.6 Å². The first kappa shape index (κ1) is 23.2. The van der Waals surface area contributed by atoms with Crippen molar-refractivity contribution in [3.63, 3.8) is 0 Å². The number of alkyl halides is 2. The topological polar surface area (TPSA) is 64.1 Å². The second-order valence-electron chi connectivity index (χ2n) is 7.35. The molecule has 1 saturated carbocycles. The minimum Gasteiger partial charge on any atom is -0.497 e. The summed E-state index contributed by atoms with van der Waals surface area (Å²) in [6.07, 6.45) is 5.83. The highest BCUT2D eigenvalue weighted by Gasteiger charge is 2.33. The molecule has 0 radical (unpaired) electrons. The van der Waals surface area contributed by atoms with E-state index in [9.17, 15) is 8.78 Å². The van der Waals surface area contributed by atoms with Crippen LogP contribution in [-0.4, -0.2) is 46.5 Å². The summed E-state index contributed by atoms with van der Waals surface area (Å²) in [5.74, 6) is 1.20. The van der Waals surface area contributed by atoms with Crippen LogP contribution in [0.15, 0.2) is 23.2 Å². The first-order valence-corrected chi connectivity index (χ1v) is 10.1. The summed E-state index contributed by atoms with van der Waals surface area (Å²) in [6, 6.07) is 4.86. The van der Waals surface area contributed by atoms with E-state index in [1.807, 2.05) is 6.92 Å². The van der Waals surface area contributed by atoms with Crippen LogP contribution in [0.2, 0.25) is 0 Å². The summed E-state index contributed by atoms with van der Waals surface area (Å²) in [7, 11) is 3.21. The third-order valence-electron chi connectivity index (χ3n) is 5.37. The molecule has 0 bridgehead atoms. The normalized spacial score (nSPS) is 16.1. The van der Waals surface area contributed by atoms with Crippen molar-refractivity contribution < 1.29 is 23.0 Å². The van der Waals surface area contributed by atoms with Crippen LogP contribution in [0.25, 0.3) is 0 Å². The summed E-state index contributed by atoms with van der Waals surface area (Å²) in [6.45, 7) is 1.57. The maximum absolute atomic E-state index is 12.8. The molecular weight excluding hydrogens is 380 g/mol. The van der Waals surface area contributed by atoms with E-state index in [2.05, 4.69) is 20.4 Å². The van der Waals surface area contributed by atoms with Crippen molar-refractivity contribution in [2.45, 2.75) is 52.2 Å². The van der Waals surface area contributed by atoms with Crippen molar-refractivity contribution >= 4 is 5.96 Å². The molecule has 164 valence electrons. The van der Waals surface area contributed by atoms with Crippen LogP contribution in [0, 0.1) is 5.41 Å². The molecule has 2 rings (SSSR count). The first-order valence-electron chi connectivity index (χ1n) is 10.1. The zero-order chi connectivity index (χ0) is 21.1. The summed E-state index contributed by atoms with van der Waals surface area (Å²) in [5.41, 5.74) is 0.786. The van der Waals surface area contributed by atoms with Crippen LogP contribution in [-0.2, 0) is 11.3 Å². The lowest BCUT2D eigenvalue weighted by molar-refractivity contribution is -0.0505. The van der Waals surface area contributed by atoms with Crippen molar-refractivity contribution in [1.82, 2.24) is 10.6 Å².